The van der Waals surface area contributed by atoms with E-state index < -0.39 is 83.4 Å². The lowest BCUT2D eigenvalue weighted by Gasteiger charge is -2.32. The van der Waals surface area contributed by atoms with Crippen molar-refractivity contribution >= 4 is 52.3 Å². The van der Waals surface area contributed by atoms with Crippen molar-refractivity contribution in [2.75, 3.05) is 27.2 Å². The number of benzene rings is 1. The number of azide groups is 1. The maximum atomic E-state index is 14.4. The van der Waals surface area contributed by atoms with Gasteiger partial charge >= 0.3 is 6.09 Å². The quantitative estimate of drug-likeness (QED) is 0.0490. The molecule has 0 unspecified atom stereocenters. The Hall–Kier alpha value is -5.52. The molecule has 1 aromatic heterocycles. The van der Waals surface area contributed by atoms with Crippen molar-refractivity contribution < 1.29 is 38.3 Å². The molecule has 1 aromatic carbocycles. The fourth-order valence-corrected chi connectivity index (χ4v) is 6.85. The van der Waals surface area contributed by atoms with Crippen molar-refractivity contribution in [2.24, 2.45) is 16.8 Å². The zero-order valence-electron chi connectivity index (χ0n) is 35.4. The molecule has 59 heavy (non-hydrogen) atoms. The Balaban J connectivity index is 2.04. The number of nitrogens with one attached hydrogen (secondary N) is 5. The first-order valence-electron chi connectivity index (χ1n) is 20.0. The van der Waals surface area contributed by atoms with Crippen LogP contribution in [0.5, 0.6) is 0 Å². The van der Waals surface area contributed by atoms with Gasteiger partial charge in [0, 0.05) is 36.5 Å². The van der Waals surface area contributed by atoms with E-state index in [1.54, 1.807) is 58.2 Å². The van der Waals surface area contributed by atoms with Crippen molar-refractivity contribution in [3.05, 3.63) is 46.5 Å². The number of unbranched alkanes of at least 4 members (excludes halogenated alkanes) is 1. The van der Waals surface area contributed by atoms with Crippen LogP contribution in [0, 0.1) is 5.92 Å². The minimum atomic E-state index is -1.32. The summed E-state index contributed by atoms with van der Waals surface area (Å²) < 4.78 is 6.97. The number of hydrogen-bond acceptors (Lipinski definition) is 11. The third-order valence-electron chi connectivity index (χ3n) is 10.3. The fraction of sp³-hybridized carbons (Fsp3) is 0.625. The highest BCUT2D eigenvalue weighted by atomic mass is 16.6. The summed E-state index contributed by atoms with van der Waals surface area (Å²) >= 11 is 0. The minimum absolute atomic E-state index is 0.0905. The summed E-state index contributed by atoms with van der Waals surface area (Å²) in [7, 11) is 3.22. The third-order valence-corrected chi connectivity index (χ3v) is 10.3. The van der Waals surface area contributed by atoms with Crippen LogP contribution in [-0.2, 0) is 39.9 Å². The van der Waals surface area contributed by atoms with Crippen LogP contribution in [0.4, 0.5) is 4.79 Å². The number of aromatic nitrogens is 1. The molecule has 1 fully saturated rings. The lowest BCUT2D eigenvalue weighted by Crippen LogP contribution is -2.59. The number of ketones is 1. The van der Waals surface area contributed by atoms with E-state index in [-0.39, 0.29) is 31.6 Å². The summed E-state index contributed by atoms with van der Waals surface area (Å²) in [4.78, 5) is 98.3. The molecule has 19 heteroatoms. The number of fused-ring (bicyclic) bond motifs is 1. The van der Waals surface area contributed by atoms with Gasteiger partial charge in [-0.15, -0.1) is 0 Å². The zero-order valence-corrected chi connectivity index (χ0v) is 35.4. The van der Waals surface area contributed by atoms with Crippen molar-refractivity contribution in [3.63, 3.8) is 0 Å². The molecule has 7 atom stereocenters. The molecule has 2 aromatic rings. The minimum Gasteiger partial charge on any atom is -0.443 e. The smallest absolute Gasteiger partial charge is 0.419 e. The van der Waals surface area contributed by atoms with Gasteiger partial charge in [-0.1, -0.05) is 43.6 Å². The lowest BCUT2D eigenvalue weighted by atomic mass is 9.96. The standard InChI is InChI=1S/C40H61N11O8/c1-9-23(2)34(47-35(54)28(41)20-33(53)44-8)38(57)50-22-26(48-49-42)19-32(50)37(56)46-30(36(55)45-29(24(3)52)15-12-13-17-43-7)18-25-21-51(39(58)59-40(4,5)6)31-16-11-10-14-27(25)31/h10-11,14,16,21,23,26,28-30,32,34,43H,9,12-13,15,17-20,22,41H2,1-8H3,(H,44,53)(H,45,55)(H,46,56)(H,47,54)/t23-,26-,28-,29-,30-,32-,34-/m0/s1. The number of ether oxygens (including phenoxy) is 1. The average molecular weight is 824 g/mol. The topological polar surface area (TPSA) is 272 Å². The molecule has 1 aliphatic rings. The van der Waals surface area contributed by atoms with Crippen LogP contribution < -0.4 is 32.3 Å². The molecule has 0 saturated carbocycles. The van der Waals surface area contributed by atoms with Crippen molar-refractivity contribution in [3.8, 4) is 0 Å². The fourth-order valence-electron chi connectivity index (χ4n) is 6.85. The number of carbonyl (C=O) groups excluding carboxylic acids is 7. The number of amides is 5. The van der Waals surface area contributed by atoms with Crippen LogP contribution in [-0.4, -0.2) is 120 Å². The molecule has 19 nitrogen and oxygen atoms in total. The Morgan fingerprint density at radius 2 is 1.71 bits per heavy atom. The van der Waals surface area contributed by atoms with Gasteiger partial charge in [0.1, 0.15) is 23.7 Å². The molecule has 0 radical (unpaired) electrons. The Labute approximate surface area is 344 Å². The molecule has 1 aliphatic heterocycles. The molecular weight excluding hydrogens is 763 g/mol. The molecule has 5 amide bonds. The largest absolute Gasteiger partial charge is 0.443 e. The van der Waals surface area contributed by atoms with E-state index in [1.165, 1.54) is 23.4 Å². The Kier molecular flexibility index (Phi) is 17.9. The molecule has 7 N–H and O–H groups in total. The Bertz CT molecular complexity index is 1890. The van der Waals surface area contributed by atoms with Gasteiger partial charge in [-0.25, -0.2) is 4.79 Å². The maximum absolute atomic E-state index is 14.4. The summed E-state index contributed by atoms with van der Waals surface area (Å²) in [5.74, 6) is -3.99. The van der Waals surface area contributed by atoms with Gasteiger partial charge in [-0.05, 0) is 90.0 Å². The van der Waals surface area contributed by atoms with Gasteiger partial charge in [0.2, 0.25) is 29.5 Å². The number of nitrogens with two attached hydrogens (primary N) is 1. The van der Waals surface area contributed by atoms with Gasteiger partial charge in [0.25, 0.3) is 0 Å². The van der Waals surface area contributed by atoms with Gasteiger partial charge in [-0.3, -0.25) is 33.3 Å². The number of hydrogen-bond donors (Lipinski definition) is 6. The first kappa shape index (κ1) is 47.9. The van der Waals surface area contributed by atoms with Crippen LogP contribution in [0.25, 0.3) is 21.3 Å². The van der Waals surface area contributed by atoms with Gasteiger partial charge in [-0.2, -0.15) is 0 Å². The second-order valence-corrected chi connectivity index (χ2v) is 16.0. The van der Waals surface area contributed by atoms with Crippen LogP contribution in [0.3, 0.4) is 0 Å². The second kappa shape index (κ2) is 22.0. The number of para-hydroxylation sites is 1. The van der Waals surface area contributed by atoms with E-state index in [4.69, 9.17) is 10.5 Å². The highest BCUT2D eigenvalue weighted by Gasteiger charge is 2.44. The number of Topliss-reactive ketones (excluding diaryl/α,β-unsaturated/α-hetero) is 1. The van der Waals surface area contributed by atoms with Crippen molar-refractivity contribution in [2.45, 2.75) is 128 Å². The molecule has 324 valence electrons. The Morgan fingerprint density at radius 1 is 1.02 bits per heavy atom. The highest BCUT2D eigenvalue weighted by Crippen LogP contribution is 2.27. The normalized spacial score (nSPS) is 17.7. The molecule has 0 spiro atoms. The summed E-state index contributed by atoms with van der Waals surface area (Å²) in [5.41, 5.74) is 15.5. The number of likely N-dealkylation sites (tertiary alicyclic amines) is 1. The first-order valence-corrected chi connectivity index (χ1v) is 20.0. The molecule has 2 heterocycles. The van der Waals surface area contributed by atoms with Gasteiger partial charge in [0.15, 0.2) is 5.78 Å². The number of rotatable bonds is 20. The van der Waals surface area contributed by atoms with Crippen LogP contribution in [0.1, 0.15) is 85.6 Å². The summed E-state index contributed by atoms with van der Waals surface area (Å²) in [6.07, 6.45) is 2.55. The number of carbonyl (C=O) groups is 7. The lowest BCUT2D eigenvalue weighted by molar-refractivity contribution is -0.143. The van der Waals surface area contributed by atoms with E-state index in [0.29, 0.717) is 35.7 Å². The van der Waals surface area contributed by atoms with Crippen molar-refractivity contribution in [1.29, 1.82) is 0 Å². The second-order valence-electron chi connectivity index (χ2n) is 16.0. The zero-order chi connectivity index (χ0) is 44.0. The molecule has 1 saturated heterocycles. The molecule has 0 bridgehead atoms. The SMILES string of the molecule is CC[C@H](C)[C@H](NC(=O)[C@@H](N)CC(=O)NC)C(=O)N1C[C@@H](N=[N+]=[N-])C[C@H]1C(=O)N[C@@H](Cc1cn(C(=O)OC(C)(C)C)c2ccccc12)C(=O)N[C@@H](CCCCNC)C(C)=O. The van der Waals surface area contributed by atoms with Gasteiger partial charge < -0.3 is 42.0 Å². The van der Waals surface area contributed by atoms with Gasteiger partial charge in [0.05, 0.1) is 30.1 Å². The molecule has 3 rings (SSSR count). The van der Waals surface area contributed by atoms with E-state index in [0.717, 1.165) is 13.0 Å². The van der Waals surface area contributed by atoms with Crippen LogP contribution in [0.2, 0.25) is 0 Å². The third kappa shape index (κ3) is 13.5. The maximum Gasteiger partial charge on any atom is 0.419 e. The van der Waals surface area contributed by atoms with E-state index in [1.807, 2.05) is 14.0 Å². The monoisotopic (exact) mass is 823 g/mol. The Morgan fingerprint density at radius 3 is 2.32 bits per heavy atom. The first-order chi connectivity index (χ1) is 27.8. The molecular formula is C40H61N11O8. The summed E-state index contributed by atoms with van der Waals surface area (Å²) in [6, 6.07) is 0.362. The predicted molar refractivity (Wildman–Crippen MR) is 221 cm³/mol. The van der Waals surface area contributed by atoms with Crippen LogP contribution >= 0.6 is 0 Å². The molecule has 0 aliphatic carbocycles. The highest BCUT2D eigenvalue weighted by molar-refractivity contribution is 5.98. The van der Waals surface area contributed by atoms with Crippen LogP contribution in [0.15, 0.2) is 35.6 Å². The average Bonchev–Trinajstić information content (AvgIpc) is 3.78. The summed E-state index contributed by atoms with van der Waals surface area (Å²) in [5, 5.41) is 18.1. The number of nitrogens with zero attached hydrogens (tertiary/aromatic N) is 5. The van der Waals surface area contributed by atoms with E-state index in [9.17, 15) is 39.1 Å². The summed E-state index contributed by atoms with van der Waals surface area (Å²) in [6.45, 7) is 10.7. The van der Waals surface area contributed by atoms with E-state index >= 15 is 0 Å². The van der Waals surface area contributed by atoms with E-state index in [2.05, 4.69) is 36.6 Å². The predicted octanol–water partition coefficient (Wildman–Crippen LogP) is 2.19. The van der Waals surface area contributed by atoms with Crippen molar-refractivity contribution in [1.82, 2.24) is 36.1 Å².